The van der Waals surface area contributed by atoms with Gasteiger partial charge >= 0.3 is 0 Å². The normalized spacial score (nSPS) is 10.3. The van der Waals surface area contributed by atoms with Crippen LogP contribution in [0.5, 0.6) is 0 Å². The molecule has 0 bridgehead atoms. The van der Waals surface area contributed by atoms with Gasteiger partial charge in [0.05, 0.1) is 0 Å². The molecule has 3 heteroatoms. The monoisotopic (exact) mass is 296 g/mol. The summed E-state index contributed by atoms with van der Waals surface area (Å²) in [5, 5.41) is 6.22. The Bertz CT molecular complexity index is 612. The topological polar surface area (TPSA) is 41.1 Å². The molecule has 0 aromatic heterocycles. The largest absolute Gasteiger partial charge is 0.385 e. The van der Waals surface area contributed by atoms with Gasteiger partial charge in [0, 0.05) is 24.3 Å². The summed E-state index contributed by atoms with van der Waals surface area (Å²) < 4.78 is 0. The van der Waals surface area contributed by atoms with Crippen LogP contribution in [0.4, 0.5) is 11.4 Å². The van der Waals surface area contributed by atoms with Crippen molar-refractivity contribution < 1.29 is 4.79 Å². The van der Waals surface area contributed by atoms with Crippen LogP contribution >= 0.6 is 0 Å². The summed E-state index contributed by atoms with van der Waals surface area (Å²) in [6.07, 6.45) is 1.49. The Kier molecular flexibility index (Phi) is 5.59. The summed E-state index contributed by atoms with van der Waals surface area (Å²) in [5.74, 6) is 0.0303. The lowest BCUT2D eigenvalue weighted by molar-refractivity contribution is -0.115. The zero-order valence-electron chi connectivity index (χ0n) is 13.6. The fourth-order valence-corrected chi connectivity index (χ4v) is 2.45. The van der Waals surface area contributed by atoms with Gasteiger partial charge < -0.3 is 10.6 Å². The van der Waals surface area contributed by atoms with Crippen molar-refractivity contribution in [3.05, 3.63) is 59.2 Å². The maximum atomic E-state index is 12.0. The fourth-order valence-electron chi connectivity index (χ4n) is 2.45. The number of benzene rings is 2. The molecule has 2 aromatic carbocycles. The maximum Gasteiger partial charge on any atom is 0.226 e. The summed E-state index contributed by atoms with van der Waals surface area (Å²) in [6, 6.07) is 14.4. The zero-order chi connectivity index (χ0) is 15.9. The summed E-state index contributed by atoms with van der Waals surface area (Å²) >= 11 is 0. The third-order valence-corrected chi connectivity index (χ3v) is 3.55. The maximum absolute atomic E-state index is 12.0. The van der Waals surface area contributed by atoms with E-state index in [9.17, 15) is 4.79 Å². The first-order chi connectivity index (χ1) is 10.6. The van der Waals surface area contributed by atoms with Crippen LogP contribution in [0.3, 0.4) is 0 Å². The highest BCUT2D eigenvalue weighted by Gasteiger charge is 2.03. The van der Waals surface area contributed by atoms with Crippen molar-refractivity contribution in [2.75, 3.05) is 17.2 Å². The van der Waals surface area contributed by atoms with Gasteiger partial charge in [-0.1, -0.05) is 25.1 Å². The fraction of sp³-hybridized carbons (Fsp3) is 0.316. The number of amides is 1. The van der Waals surface area contributed by atoms with Crippen molar-refractivity contribution >= 4 is 17.3 Å². The van der Waals surface area contributed by atoms with Crippen LogP contribution in [-0.2, 0) is 11.2 Å². The van der Waals surface area contributed by atoms with E-state index in [1.165, 1.54) is 5.56 Å². The first kappa shape index (κ1) is 16.1. The van der Waals surface area contributed by atoms with Gasteiger partial charge in [0.25, 0.3) is 0 Å². The minimum absolute atomic E-state index is 0.0303. The molecule has 0 atom stereocenters. The lowest BCUT2D eigenvalue weighted by Gasteiger charge is -2.09. The van der Waals surface area contributed by atoms with Gasteiger partial charge in [0.1, 0.15) is 0 Å². The van der Waals surface area contributed by atoms with Crippen LogP contribution in [0.15, 0.2) is 42.5 Å². The Labute approximate surface area is 132 Å². The number of carbonyl (C=O) groups is 1. The molecule has 0 radical (unpaired) electrons. The quantitative estimate of drug-likeness (QED) is 0.834. The smallest absolute Gasteiger partial charge is 0.226 e. The number of nitrogens with one attached hydrogen (secondary N) is 2. The Morgan fingerprint density at radius 1 is 0.955 bits per heavy atom. The van der Waals surface area contributed by atoms with E-state index in [2.05, 4.69) is 47.9 Å². The Morgan fingerprint density at radius 2 is 1.59 bits per heavy atom. The Balaban J connectivity index is 1.79. The Hall–Kier alpha value is -2.29. The molecule has 0 saturated carbocycles. The average Bonchev–Trinajstić information content (AvgIpc) is 2.47. The molecule has 116 valence electrons. The van der Waals surface area contributed by atoms with Crippen molar-refractivity contribution in [2.24, 2.45) is 0 Å². The number of anilines is 2. The van der Waals surface area contributed by atoms with Crippen molar-refractivity contribution in [3.63, 3.8) is 0 Å². The molecule has 1 amide bonds. The molecule has 0 saturated heterocycles. The van der Waals surface area contributed by atoms with Gasteiger partial charge in [-0.2, -0.15) is 0 Å². The van der Waals surface area contributed by atoms with Crippen LogP contribution in [0.1, 0.15) is 30.0 Å². The van der Waals surface area contributed by atoms with E-state index in [4.69, 9.17) is 0 Å². The van der Waals surface area contributed by atoms with Gasteiger partial charge in [-0.05, 0) is 61.2 Å². The molecule has 0 heterocycles. The van der Waals surface area contributed by atoms with E-state index in [-0.39, 0.29) is 5.91 Å². The molecular formula is C19H24N2O. The highest BCUT2D eigenvalue weighted by atomic mass is 16.1. The first-order valence-corrected chi connectivity index (χ1v) is 7.78. The van der Waals surface area contributed by atoms with Crippen LogP contribution in [-0.4, -0.2) is 12.5 Å². The van der Waals surface area contributed by atoms with Gasteiger partial charge in [0.2, 0.25) is 5.91 Å². The second-order valence-corrected chi connectivity index (χ2v) is 5.65. The molecule has 0 aliphatic carbocycles. The first-order valence-electron chi connectivity index (χ1n) is 7.78. The minimum Gasteiger partial charge on any atom is -0.385 e. The van der Waals surface area contributed by atoms with E-state index < -0.39 is 0 Å². The third kappa shape index (κ3) is 4.92. The standard InChI is InChI=1S/C19H24N2O/c1-4-16-5-7-17(8-6-16)20-10-9-19(22)21-18-12-14(2)11-15(3)13-18/h5-8,11-13,20H,4,9-10H2,1-3H3,(H,21,22). The minimum atomic E-state index is 0.0303. The number of hydrogen-bond donors (Lipinski definition) is 2. The van der Waals surface area contributed by atoms with Crippen LogP contribution < -0.4 is 10.6 Å². The summed E-state index contributed by atoms with van der Waals surface area (Å²) in [5.41, 5.74) is 5.55. The molecule has 2 N–H and O–H groups in total. The van der Waals surface area contributed by atoms with Gasteiger partial charge in [-0.25, -0.2) is 0 Å². The second-order valence-electron chi connectivity index (χ2n) is 5.65. The number of carbonyl (C=O) groups excluding carboxylic acids is 1. The molecule has 0 aliphatic rings. The molecule has 2 rings (SSSR count). The van der Waals surface area contributed by atoms with E-state index in [0.29, 0.717) is 13.0 Å². The van der Waals surface area contributed by atoms with E-state index in [0.717, 1.165) is 28.9 Å². The zero-order valence-corrected chi connectivity index (χ0v) is 13.6. The number of rotatable bonds is 6. The molecular weight excluding hydrogens is 272 g/mol. The van der Waals surface area contributed by atoms with E-state index in [1.54, 1.807) is 0 Å². The second kappa shape index (κ2) is 7.64. The summed E-state index contributed by atoms with van der Waals surface area (Å²) in [4.78, 5) is 12.0. The van der Waals surface area contributed by atoms with Crippen LogP contribution in [0.2, 0.25) is 0 Å². The number of aryl methyl sites for hydroxylation is 3. The van der Waals surface area contributed by atoms with E-state index in [1.807, 2.05) is 26.0 Å². The van der Waals surface area contributed by atoms with Crippen molar-refractivity contribution in [2.45, 2.75) is 33.6 Å². The highest BCUT2D eigenvalue weighted by Crippen LogP contribution is 2.14. The van der Waals surface area contributed by atoms with Crippen LogP contribution in [0.25, 0.3) is 0 Å². The van der Waals surface area contributed by atoms with Crippen molar-refractivity contribution in [1.82, 2.24) is 0 Å². The van der Waals surface area contributed by atoms with Crippen molar-refractivity contribution in [1.29, 1.82) is 0 Å². The number of hydrogen-bond acceptors (Lipinski definition) is 2. The van der Waals surface area contributed by atoms with Crippen LogP contribution in [0, 0.1) is 13.8 Å². The summed E-state index contributed by atoms with van der Waals surface area (Å²) in [7, 11) is 0. The van der Waals surface area contributed by atoms with E-state index >= 15 is 0 Å². The van der Waals surface area contributed by atoms with Gasteiger partial charge in [-0.15, -0.1) is 0 Å². The SMILES string of the molecule is CCc1ccc(NCCC(=O)Nc2cc(C)cc(C)c2)cc1. The molecule has 22 heavy (non-hydrogen) atoms. The Morgan fingerprint density at radius 3 is 2.18 bits per heavy atom. The third-order valence-electron chi connectivity index (χ3n) is 3.55. The lowest BCUT2D eigenvalue weighted by atomic mass is 10.1. The molecule has 0 unspecified atom stereocenters. The van der Waals surface area contributed by atoms with Gasteiger partial charge in [-0.3, -0.25) is 4.79 Å². The summed E-state index contributed by atoms with van der Waals surface area (Å²) in [6.45, 7) is 6.83. The molecule has 0 aliphatic heterocycles. The molecule has 3 nitrogen and oxygen atoms in total. The lowest BCUT2D eigenvalue weighted by Crippen LogP contribution is -2.16. The predicted octanol–water partition coefficient (Wildman–Crippen LogP) is 4.31. The van der Waals surface area contributed by atoms with Crippen molar-refractivity contribution in [3.8, 4) is 0 Å². The molecule has 0 fully saturated rings. The molecule has 0 spiro atoms. The predicted molar refractivity (Wildman–Crippen MR) is 93.5 cm³/mol. The van der Waals surface area contributed by atoms with Gasteiger partial charge in [0.15, 0.2) is 0 Å². The highest BCUT2D eigenvalue weighted by molar-refractivity contribution is 5.91. The average molecular weight is 296 g/mol. The molecule has 2 aromatic rings.